The van der Waals surface area contributed by atoms with Crippen LogP contribution in [0.2, 0.25) is 0 Å². The molecule has 4 nitrogen and oxygen atoms in total. The van der Waals surface area contributed by atoms with Gasteiger partial charge in [-0.2, -0.15) is 4.98 Å². The number of hydrogen-bond donors (Lipinski definition) is 1. The highest BCUT2D eigenvalue weighted by atomic mass is 32.1. The Morgan fingerprint density at radius 1 is 1.31 bits per heavy atom. The third-order valence-electron chi connectivity index (χ3n) is 2.27. The summed E-state index contributed by atoms with van der Waals surface area (Å²) in [5.41, 5.74) is 5.41. The quantitative estimate of drug-likeness (QED) is 0.832. The van der Waals surface area contributed by atoms with Gasteiger partial charge >= 0.3 is 0 Å². The predicted octanol–water partition coefficient (Wildman–Crippen LogP) is 1.81. The van der Waals surface area contributed by atoms with E-state index in [-0.39, 0.29) is 0 Å². The maximum absolute atomic E-state index is 5.41. The van der Waals surface area contributed by atoms with Gasteiger partial charge in [0.15, 0.2) is 5.82 Å². The second-order valence-corrected chi connectivity index (χ2v) is 4.61. The summed E-state index contributed by atoms with van der Waals surface area (Å²) >= 11 is 1.79. The molecule has 0 amide bonds. The Bertz CT molecular complexity index is 411. The maximum atomic E-state index is 5.41. The lowest BCUT2D eigenvalue weighted by molar-refractivity contribution is 0.370. The van der Waals surface area contributed by atoms with E-state index in [0.29, 0.717) is 18.8 Å². The first-order valence-electron chi connectivity index (χ1n) is 5.42. The molecule has 0 radical (unpaired) electrons. The smallest absolute Gasteiger partial charge is 0.226 e. The van der Waals surface area contributed by atoms with Gasteiger partial charge in [0.25, 0.3) is 0 Å². The lowest BCUT2D eigenvalue weighted by atomic mass is 10.2. The van der Waals surface area contributed by atoms with Crippen molar-refractivity contribution >= 4 is 11.3 Å². The summed E-state index contributed by atoms with van der Waals surface area (Å²) in [5, 5.41) is 5.96. The summed E-state index contributed by atoms with van der Waals surface area (Å²) in [6.07, 6.45) is 3.65. The predicted molar refractivity (Wildman–Crippen MR) is 63.4 cm³/mol. The molecule has 0 aliphatic rings. The van der Waals surface area contributed by atoms with Gasteiger partial charge in [0, 0.05) is 17.7 Å². The molecule has 0 atom stereocenters. The van der Waals surface area contributed by atoms with Gasteiger partial charge < -0.3 is 10.3 Å². The molecular weight excluding hydrogens is 222 g/mol. The standard InChI is InChI=1S/C11H15N3OS/c12-7-6-10-13-11(15-14-10)5-1-3-9-4-2-8-16-9/h2,4,8H,1,3,5-7,12H2. The second-order valence-electron chi connectivity index (χ2n) is 3.58. The van der Waals surface area contributed by atoms with E-state index in [2.05, 4.69) is 27.7 Å². The fraction of sp³-hybridized carbons (Fsp3) is 0.455. The summed E-state index contributed by atoms with van der Waals surface area (Å²) in [7, 11) is 0. The van der Waals surface area contributed by atoms with Crippen molar-refractivity contribution in [2.45, 2.75) is 25.7 Å². The number of thiophene rings is 1. The number of aromatic nitrogens is 2. The molecule has 16 heavy (non-hydrogen) atoms. The van der Waals surface area contributed by atoms with Crippen molar-refractivity contribution in [3.8, 4) is 0 Å². The van der Waals surface area contributed by atoms with Crippen LogP contribution in [0, 0.1) is 0 Å². The molecule has 2 aromatic heterocycles. The number of hydrogen-bond acceptors (Lipinski definition) is 5. The van der Waals surface area contributed by atoms with Gasteiger partial charge in [0.05, 0.1) is 0 Å². The fourth-order valence-corrected chi connectivity index (χ4v) is 2.24. The second kappa shape index (κ2) is 5.77. The van der Waals surface area contributed by atoms with Crippen molar-refractivity contribution in [2.75, 3.05) is 6.54 Å². The Kier molecular flexibility index (Phi) is 4.07. The highest BCUT2D eigenvalue weighted by molar-refractivity contribution is 7.09. The molecule has 0 saturated heterocycles. The van der Waals surface area contributed by atoms with Crippen LogP contribution in [0.5, 0.6) is 0 Å². The molecular formula is C11H15N3OS. The molecule has 86 valence electrons. The SMILES string of the molecule is NCCc1noc(CCCc2cccs2)n1. The minimum absolute atomic E-state index is 0.564. The normalized spacial score (nSPS) is 10.8. The van der Waals surface area contributed by atoms with Crippen LogP contribution in [-0.4, -0.2) is 16.7 Å². The first-order chi connectivity index (χ1) is 7.88. The van der Waals surface area contributed by atoms with E-state index < -0.39 is 0 Å². The van der Waals surface area contributed by atoms with Crippen LogP contribution in [0.1, 0.15) is 23.0 Å². The molecule has 0 spiro atoms. The molecule has 0 aliphatic heterocycles. The van der Waals surface area contributed by atoms with Gasteiger partial charge in [-0.1, -0.05) is 11.2 Å². The van der Waals surface area contributed by atoms with E-state index in [9.17, 15) is 0 Å². The van der Waals surface area contributed by atoms with Crippen molar-refractivity contribution in [2.24, 2.45) is 5.73 Å². The number of rotatable bonds is 6. The molecule has 2 rings (SSSR count). The molecule has 2 aromatic rings. The van der Waals surface area contributed by atoms with Crippen LogP contribution in [0.15, 0.2) is 22.0 Å². The first kappa shape index (κ1) is 11.3. The minimum Gasteiger partial charge on any atom is -0.339 e. The summed E-state index contributed by atoms with van der Waals surface area (Å²) < 4.78 is 5.12. The van der Waals surface area contributed by atoms with Crippen LogP contribution in [-0.2, 0) is 19.3 Å². The number of nitrogens with zero attached hydrogens (tertiary/aromatic N) is 2. The van der Waals surface area contributed by atoms with E-state index >= 15 is 0 Å². The average molecular weight is 237 g/mol. The maximum Gasteiger partial charge on any atom is 0.226 e. The zero-order valence-corrected chi connectivity index (χ0v) is 9.87. The molecule has 2 N–H and O–H groups in total. The largest absolute Gasteiger partial charge is 0.339 e. The molecule has 2 heterocycles. The van der Waals surface area contributed by atoms with Crippen molar-refractivity contribution in [3.05, 3.63) is 34.1 Å². The minimum atomic E-state index is 0.564. The van der Waals surface area contributed by atoms with Crippen molar-refractivity contribution in [3.63, 3.8) is 0 Å². The lowest BCUT2D eigenvalue weighted by Gasteiger charge is -1.93. The Labute approximate surface area is 98.5 Å². The van der Waals surface area contributed by atoms with Crippen LogP contribution >= 0.6 is 11.3 Å². The summed E-state index contributed by atoms with van der Waals surface area (Å²) in [6.45, 7) is 0.564. The van der Waals surface area contributed by atoms with E-state index in [1.165, 1.54) is 4.88 Å². The zero-order valence-electron chi connectivity index (χ0n) is 9.06. The first-order valence-corrected chi connectivity index (χ1v) is 6.30. The van der Waals surface area contributed by atoms with E-state index in [1.807, 2.05) is 0 Å². The van der Waals surface area contributed by atoms with Crippen molar-refractivity contribution in [1.82, 2.24) is 10.1 Å². The van der Waals surface area contributed by atoms with Crippen LogP contribution in [0.3, 0.4) is 0 Å². The Balaban J connectivity index is 1.76. The Hall–Kier alpha value is -1.20. The Morgan fingerprint density at radius 3 is 3.00 bits per heavy atom. The van der Waals surface area contributed by atoms with Gasteiger partial charge in [-0.25, -0.2) is 0 Å². The molecule has 0 fully saturated rings. The molecule has 0 saturated carbocycles. The molecule has 5 heteroatoms. The van der Waals surface area contributed by atoms with Gasteiger partial charge in [-0.3, -0.25) is 0 Å². The monoisotopic (exact) mass is 237 g/mol. The number of aryl methyl sites for hydroxylation is 2. The molecule has 0 bridgehead atoms. The third kappa shape index (κ3) is 3.15. The van der Waals surface area contributed by atoms with E-state index in [4.69, 9.17) is 10.3 Å². The summed E-state index contributed by atoms with van der Waals surface area (Å²) in [5.74, 6) is 1.44. The Morgan fingerprint density at radius 2 is 2.25 bits per heavy atom. The van der Waals surface area contributed by atoms with Crippen molar-refractivity contribution in [1.29, 1.82) is 0 Å². The average Bonchev–Trinajstić information content (AvgIpc) is 2.90. The van der Waals surface area contributed by atoms with Gasteiger partial charge in [0.2, 0.25) is 5.89 Å². The topological polar surface area (TPSA) is 64.9 Å². The highest BCUT2D eigenvalue weighted by Crippen LogP contribution is 2.12. The highest BCUT2D eigenvalue weighted by Gasteiger charge is 2.05. The molecule has 0 unspecified atom stereocenters. The zero-order chi connectivity index (χ0) is 11.2. The fourth-order valence-electron chi connectivity index (χ4n) is 1.49. The lowest BCUT2D eigenvalue weighted by Crippen LogP contribution is -2.04. The van der Waals surface area contributed by atoms with Crippen LogP contribution in [0.25, 0.3) is 0 Å². The van der Waals surface area contributed by atoms with E-state index in [0.717, 1.165) is 25.2 Å². The number of nitrogens with two attached hydrogens (primary N) is 1. The molecule has 0 aliphatic carbocycles. The van der Waals surface area contributed by atoms with Gasteiger partial charge in [-0.15, -0.1) is 11.3 Å². The summed E-state index contributed by atoms with van der Waals surface area (Å²) in [4.78, 5) is 5.67. The van der Waals surface area contributed by atoms with Gasteiger partial charge in [0.1, 0.15) is 0 Å². The summed E-state index contributed by atoms with van der Waals surface area (Å²) in [6, 6.07) is 4.23. The van der Waals surface area contributed by atoms with Crippen molar-refractivity contribution < 1.29 is 4.52 Å². The van der Waals surface area contributed by atoms with Crippen LogP contribution in [0.4, 0.5) is 0 Å². The van der Waals surface area contributed by atoms with Crippen LogP contribution < -0.4 is 5.73 Å². The third-order valence-corrected chi connectivity index (χ3v) is 3.21. The van der Waals surface area contributed by atoms with Gasteiger partial charge in [-0.05, 0) is 30.8 Å². The van der Waals surface area contributed by atoms with E-state index in [1.54, 1.807) is 11.3 Å². The molecule has 0 aromatic carbocycles.